The van der Waals surface area contributed by atoms with E-state index < -0.39 is 0 Å². The third-order valence-corrected chi connectivity index (χ3v) is 4.54. The molecule has 0 saturated heterocycles. The second-order valence-electron chi connectivity index (χ2n) is 6.21. The second kappa shape index (κ2) is 5.96. The number of rotatable bonds is 4. The van der Waals surface area contributed by atoms with Crippen molar-refractivity contribution in [2.45, 2.75) is 51.5 Å². The van der Waals surface area contributed by atoms with Crippen molar-refractivity contribution in [2.24, 2.45) is 5.92 Å². The van der Waals surface area contributed by atoms with E-state index in [-0.39, 0.29) is 0 Å². The van der Waals surface area contributed by atoms with Gasteiger partial charge < -0.3 is 10.1 Å². The highest BCUT2D eigenvalue weighted by molar-refractivity contribution is 5.39. The molecule has 2 atom stereocenters. The lowest BCUT2D eigenvalue weighted by Gasteiger charge is -2.27. The molecule has 19 heavy (non-hydrogen) atoms. The number of hydrogen-bond donors (Lipinski definition) is 1. The Balaban J connectivity index is 1.47. The topological polar surface area (TPSA) is 21.3 Å². The molecule has 2 unspecified atom stereocenters. The molecular weight excluding hydrogens is 234 g/mol. The number of hydrogen-bond acceptors (Lipinski definition) is 2. The van der Waals surface area contributed by atoms with Gasteiger partial charge in [-0.1, -0.05) is 31.9 Å². The Labute approximate surface area is 116 Å². The van der Waals surface area contributed by atoms with Gasteiger partial charge in [0.15, 0.2) is 0 Å². The lowest BCUT2D eigenvalue weighted by molar-refractivity contribution is 0.303. The largest absolute Gasteiger partial charge is 0.493 e. The zero-order valence-electron chi connectivity index (χ0n) is 12.0. The van der Waals surface area contributed by atoms with Crippen molar-refractivity contribution < 1.29 is 4.74 Å². The average Bonchev–Trinajstić information content (AvgIpc) is 2.86. The predicted octanol–water partition coefficient (Wildman–Crippen LogP) is 3.33. The van der Waals surface area contributed by atoms with Gasteiger partial charge >= 0.3 is 0 Å². The van der Waals surface area contributed by atoms with Crippen molar-refractivity contribution in [2.75, 3.05) is 13.2 Å². The maximum absolute atomic E-state index is 5.55. The van der Waals surface area contributed by atoms with Crippen LogP contribution in [0.3, 0.4) is 0 Å². The fraction of sp³-hybridized carbons (Fsp3) is 0.647. The fourth-order valence-electron chi connectivity index (χ4n) is 3.44. The van der Waals surface area contributed by atoms with Crippen LogP contribution in [0.5, 0.6) is 5.75 Å². The average molecular weight is 259 g/mol. The zero-order chi connectivity index (χ0) is 13.1. The van der Waals surface area contributed by atoms with E-state index in [0.29, 0.717) is 0 Å². The Hall–Kier alpha value is -1.02. The molecule has 0 spiro atoms. The lowest BCUT2D eigenvalue weighted by Crippen LogP contribution is -2.34. The Morgan fingerprint density at radius 3 is 3.16 bits per heavy atom. The molecule has 1 N–H and O–H groups in total. The summed E-state index contributed by atoms with van der Waals surface area (Å²) < 4.78 is 5.55. The van der Waals surface area contributed by atoms with E-state index in [1.54, 1.807) is 0 Å². The van der Waals surface area contributed by atoms with E-state index in [9.17, 15) is 0 Å². The van der Waals surface area contributed by atoms with Crippen LogP contribution in [0.15, 0.2) is 18.2 Å². The third-order valence-electron chi connectivity index (χ3n) is 4.54. The summed E-state index contributed by atoms with van der Waals surface area (Å²) in [6.07, 6.45) is 7.76. The summed E-state index contributed by atoms with van der Waals surface area (Å²) in [5.41, 5.74) is 2.84. The molecule has 2 nitrogen and oxygen atoms in total. The minimum atomic E-state index is 0.751. The van der Waals surface area contributed by atoms with Crippen LogP contribution in [-0.2, 0) is 12.8 Å². The molecule has 0 radical (unpaired) electrons. The third kappa shape index (κ3) is 3.30. The first kappa shape index (κ1) is 13.0. The normalized spacial score (nSPS) is 25.9. The van der Waals surface area contributed by atoms with E-state index in [1.807, 2.05) is 0 Å². The maximum atomic E-state index is 5.55. The van der Waals surface area contributed by atoms with Crippen LogP contribution in [0, 0.1) is 5.92 Å². The number of benzene rings is 1. The van der Waals surface area contributed by atoms with Crippen molar-refractivity contribution in [3.8, 4) is 5.75 Å². The molecule has 3 rings (SSSR count). The predicted molar refractivity (Wildman–Crippen MR) is 78.8 cm³/mol. The highest BCUT2D eigenvalue weighted by atomic mass is 16.5. The van der Waals surface area contributed by atoms with Crippen LogP contribution in [0.1, 0.15) is 43.7 Å². The maximum Gasteiger partial charge on any atom is 0.122 e. The minimum Gasteiger partial charge on any atom is -0.493 e. The molecule has 1 aliphatic carbocycles. The molecule has 1 aliphatic heterocycles. The summed E-state index contributed by atoms with van der Waals surface area (Å²) in [6.45, 7) is 4.35. The van der Waals surface area contributed by atoms with Gasteiger partial charge in [0, 0.05) is 12.5 Å². The monoisotopic (exact) mass is 259 g/mol. The van der Waals surface area contributed by atoms with E-state index in [0.717, 1.165) is 43.7 Å². The molecular formula is C17H25NO. The van der Waals surface area contributed by atoms with E-state index in [1.165, 1.54) is 36.8 Å². The van der Waals surface area contributed by atoms with Gasteiger partial charge in [-0.3, -0.25) is 0 Å². The molecule has 0 bridgehead atoms. The summed E-state index contributed by atoms with van der Waals surface area (Å²) in [4.78, 5) is 0. The van der Waals surface area contributed by atoms with E-state index >= 15 is 0 Å². The van der Waals surface area contributed by atoms with Crippen LogP contribution >= 0.6 is 0 Å². The molecule has 0 amide bonds. The number of fused-ring (bicyclic) bond motifs is 1. The van der Waals surface area contributed by atoms with Crippen molar-refractivity contribution in [1.29, 1.82) is 0 Å². The van der Waals surface area contributed by atoms with Gasteiger partial charge in [-0.15, -0.1) is 0 Å². The summed E-state index contributed by atoms with van der Waals surface area (Å²) in [7, 11) is 0. The number of nitrogens with one attached hydrogen (secondary N) is 1. The standard InChI is InChI=1S/C17H25NO/c1-13-3-2-4-16(11-13)18-9-7-14-5-6-17-15(12-14)8-10-19-17/h5-6,12-13,16,18H,2-4,7-11H2,1H3. The first-order valence-electron chi connectivity index (χ1n) is 7.79. The highest BCUT2D eigenvalue weighted by Crippen LogP contribution is 2.26. The van der Waals surface area contributed by atoms with Crippen molar-refractivity contribution in [1.82, 2.24) is 5.32 Å². The first-order valence-corrected chi connectivity index (χ1v) is 7.79. The Kier molecular flexibility index (Phi) is 4.07. The van der Waals surface area contributed by atoms with Gasteiger partial charge in [0.2, 0.25) is 0 Å². The van der Waals surface area contributed by atoms with Crippen LogP contribution < -0.4 is 10.1 Å². The minimum absolute atomic E-state index is 0.751. The van der Waals surface area contributed by atoms with E-state index in [2.05, 4.69) is 30.4 Å². The van der Waals surface area contributed by atoms with E-state index in [4.69, 9.17) is 4.74 Å². The van der Waals surface area contributed by atoms with Crippen LogP contribution in [0.25, 0.3) is 0 Å². The molecule has 1 fully saturated rings. The fourth-order valence-corrected chi connectivity index (χ4v) is 3.44. The summed E-state index contributed by atoms with van der Waals surface area (Å²) in [5, 5.41) is 3.74. The molecule has 1 aromatic rings. The Morgan fingerprint density at radius 2 is 2.26 bits per heavy atom. The molecule has 1 saturated carbocycles. The summed E-state index contributed by atoms with van der Waals surface area (Å²) in [5.74, 6) is 2.00. The van der Waals surface area contributed by atoms with Gasteiger partial charge in [0.1, 0.15) is 5.75 Å². The van der Waals surface area contributed by atoms with Crippen molar-refractivity contribution >= 4 is 0 Å². The SMILES string of the molecule is CC1CCCC(NCCc2ccc3c(c2)CCO3)C1. The molecule has 0 aromatic heterocycles. The zero-order valence-corrected chi connectivity index (χ0v) is 12.0. The lowest BCUT2D eigenvalue weighted by atomic mass is 9.87. The first-order chi connectivity index (χ1) is 9.31. The van der Waals surface area contributed by atoms with Crippen LogP contribution in [0.2, 0.25) is 0 Å². The van der Waals surface area contributed by atoms with Gasteiger partial charge in [-0.2, -0.15) is 0 Å². The highest BCUT2D eigenvalue weighted by Gasteiger charge is 2.18. The smallest absolute Gasteiger partial charge is 0.122 e. The van der Waals surface area contributed by atoms with Crippen molar-refractivity contribution in [3.63, 3.8) is 0 Å². The molecule has 104 valence electrons. The van der Waals surface area contributed by atoms with Gasteiger partial charge in [0.25, 0.3) is 0 Å². The van der Waals surface area contributed by atoms with Crippen LogP contribution in [0.4, 0.5) is 0 Å². The van der Waals surface area contributed by atoms with Crippen LogP contribution in [-0.4, -0.2) is 19.2 Å². The van der Waals surface area contributed by atoms with Gasteiger partial charge in [-0.25, -0.2) is 0 Å². The summed E-state index contributed by atoms with van der Waals surface area (Å²) >= 11 is 0. The van der Waals surface area contributed by atoms with Gasteiger partial charge in [0.05, 0.1) is 6.61 Å². The quantitative estimate of drug-likeness (QED) is 0.895. The van der Waals surface area contributed by atoms with Crippen molar-refractivity contribution in [3.05, 3.63) is 29.3 Å². The van der Waals surface area contributed by atoms with Gasteiger partial charge in [-0.05, 0) is 48.9 Å². The molecule has 2 aliphatic rings. The Bertz CT molecular complexity index is 429. The molecule has 1 aromatic carbocycles. The Morgan fingerprint density at radius 1 is 1.32 bits per heavy atom. The molecule has 1 heterocycles. The number of ether oxygens (including phenoxy) is 1. The summed E-state index contributed by atoms with van der Waals surface area (Å²) in [6, 6.07) is 7.44. The second-order valence-corrected chi connectivity index (χ2v) is 6.21. The molecule has 2 heteroatoms.